The zero-order valence-electron chi connectivity index (χ0n) is 14.6. The number of benzene rings is 2. The van der Waals surface area contributed by atoms with Gasteiger partial charge in [0, 0.05) is 19.1 Å². The number of nitrogens with one attached hydrogen (secondary N) is 1. The van der Waals surface area contributed by atoms with Crippen molar-refractivity contribution < 1.29 is 19.4 Å². The van der Waals surface area contributed by atoms with E-state index in [0.717, 1.165) is 24.0 Å². The average molecular weight is 353 g/mol. The van der Waals surface area contributed by atoms with Crippen molar-refractivity contribution in [2.75, 3.05) is 6.61 Å². The van der Waals surface area contributed by atoms with E-state index in [4.69, 9.17) is 9.84 Å². The summed E-state index contributed by atoms with van der Waals surface area (Å²) in [5.74, 6) is -0.923. The van der Waals surface area contributed by atoms with Gasteiger partial charge in [-0.15, -0.1) is 0 Å². The zero-order valence-corrected chi connectivity index (χ0v) is 14.6. The van der Waals surface area contributed by atoms with Crippen molar-refractivity contribution >= 4 is 11.9 Å². The van der Waals surface area contributed by atoms with Gasteiger partial charge in [-0.3, -0.25) is 4.79 Å². The number of ether oxygens (including phenoxy) is 1. The van der Waals surface area contributed by atoms with E-state index in [1.807, 2.05) is 18.2 Å². The van der Waals surface area contributed by atoms with Gasteiger partial charge in [0.2, 0.25) is 5.91 Å². The number of amides is 1. The average Bonchev–Trinajstić information content (AvgIpc) is 2.67. The van der Waals surface area contributed by atoms with E-state index in [0.29, 0.717) is 19.4 Å². The highest BCUT2D eigenvalue weighted by Gasteiger charge is 2.24. The summed E-state index contributed by atoms with van der Waals surface area (Å²) in [6.07, 6.45) is 2.61. The van der Waals surface area contributed by atoms with Crippen LogP contribution in [0.3, 0.4) is 0 Å². The Morgan fingerprint density at radius 3 is 2.50 bits per heavy atom. The van der Waals surface area contributed by atoms with Gasteiger partial charge in [-0.05, 0) is 42.5 Å². The van der Waals surface area contributed by atoms with Crippen LogP contribution < -0.4 is 5.32 Å². The SMILES string of the molecule is O=C(CCc1ccc(C(=O)O)cc1)NC1CCOC(c2ccccc2)C1. The van der Waals surface area contributed by atoms with Crippen LogP contribution in [0.2, 0.25) is 0 Å². The Hall–Kier alpha value is -2.66. The molecule has 2 aromatic rings. The van der Waals surface area contributed by atoms with Gasteiger partial charge >= 0.3 is 5.97 Å². The number of aromatic carboxylic acids is 1. The third-order valence-corrected chi connectivity index (χ3v) is 4.66. The summed E-state index contributed by atoms with van der Waals surface area (Å²) >= 11 is 0. The van der Waals surface area contributed by atoms with Crippen molar-refractivity contribution in [1.82, 2.24) is 5.32 Å². The highest BCUT2D eigenvalue weighted by Crippen LogP contribution is 2.27. The van der Waals surface area contributed by atoms with Crippen LogP contribution in [-0.2, 0) is 16.0 Å². The number of hydrogen-bond acceptors (Lipinski definition) is 3. The van der Waals surface area contributed by atoms with E-state index in [-0.39, 0.29) is 23.6 Å². The summed E-state index contributed by atoms with van der Waals surface area (Å²) < 4.78 is 5.84. The number of rotatable bonds is 6. The van der Waals surface area contributed by atoms with E-state index in [2.05, 4.69) is 17.4 Å². The Morgan fingerprint density at radius 1 is 1.08 bits per heavy atom. The van der Waals surface area contributed by atoms with Gasteiger partial charge in [0.15, 0.2) is 0 Å². The molecule has 0 saturated carbocycles. The molecular formula is C21H23NO4. The second-order valence-electron chi connectivity index (χ2n) is 6.56. The molecule has 1 aliphatic rings. The minimum Gasteiger partial charge on any atom is -0.478 e. The normalized spacial score (nSPS) is 19.7. The molecule has 0 aliphatic carbocycles. The number of carboxylic acid groups (broad SMARTS) is 1. The molecule has 136 valence electrons. The molecule has 5 heteroatoms. The minimum atomic E-state index is -0.943. The second kappa shape index (κ2) is 8.63. The fraction of sp³-hybridized carbons (Fsp3) is 0.333. The number of hydrogen-bond donors (Lipinski definition) is 2. The second-order valence-corrected chi connectivity index (χ2v) is 6.56. The Kier molecular flexibility index (Phi) is 6.02. The van der Waals surface area contributed by atoms with E-state index in [1.165, 1.54) is 0 Å². The van der Waals surface area contributed by atoms with Crippen molar-refractivity contribution in [3.05, 3.63) is 71.3 Å². The zero-order chi connectivity index (χ0) is 18.4. The maximum atomic E-state index is 12.3. The van der Waals surface area contributed by atoms with Crippen LogP contribution in [0.25, 0.3) is 0 Å². The molecule has 2 atom stereocenters. The van der Waals surface area contributed by atoms with Crippen LogP contribution in [0.15, 0.2) is 54.6 Å². The van der Waals surface area contributed by atoms with E-state index in [1.54, 1.807) is 24.3 Å². The maximum absolute atomic E-state index is 12.3. The van der Waals surface area contributed by atoms with Crippen LogP contribution in [0.1, 0.15) is 46.9 Å². The summed E-state index contributed by atoms with van der Waals surface area (Å²) in [7, 11) is 0. The van der Waals surface area contributed by atoms with Crippen molar-refractivity contribution in [3.63, 3.8) is 0 Å². The van der Waals surface area contributed by atoms with E-state index in [9.17, 15) is 9.59 Å². The first kappa shape index (κ1) is 18.1. The fourth-order valence-corrected chi connectivity index (χ4v) is 3.20. The third kappa shape index (κ3) is 4.92. The largest absolute Gasteiger partial charge is 0.478 e. The van der Waals surface area contributed by atoms with Gasteiger partial charge < -0.3 is 15.2 Å². The minimum absolute atomic E-state index is 0.0195. The maximum Gasteiger partial charge on any atom is 0.335 e. The summed E-state index contributed by atoms with van der Waals surface area (Å²) in [4.78, 5) is 23.1. The van der Waals surface area contributed by atoms with Gasteiger partial charge in [0.05, 0.1) is 11.7 Å². The molecule has 2 aromatic carbocycles. The predicted molar refractivity (Wildman–Crippen MR) is 98.0 cm³/mol. The summed E-state index contributed by atoms with van der Waals surface area (Å²) in [6.45, 7) is 0.640. The third-order valence-electron chi connectivity index (χ3n) is 4.66. The Labute approximate surface area is 153 Å². The molecule has 2 N–H and O–H groups in total. The van der Waals surface area contributed by atoms with Gasteiger partial charge in [-0.1, -0.05) is 42.5 Å². The fourth-order valence-electron chi connectivity index (χ4n) is 3.20. The van der Waals surface area contributed by atoms with Gasteiger partial charge in [-0.25, -0.2) is 4.79 Å². The predicted octanol–water partition coefficient (Wildman–Crippen LogP) is 3.35. The van der Waals surface area contributed by atoms with Crippen LogP contribution in [0, 0.1) is 0 Å². The monoisotopic (exact) mass is 353 g/mol. The first-order valence-corrected chi connectivity index (χ1v) is 8.90. The lowest BCUT2D eigenvalue weighted by atomic mass is 9.97. The molecule has 1 aliphatic heterocycles. The molecule has 1 amide bonds. The molecule has 0 radical (unpaired) electrons. The number of aryl methyl sites for hydroxylation is 1. The molecule has 0 aromatic heterocycles. The lowest BCUT2D eigenvalue weighted by Crippen LogP contribution is -2.39. The van der Waals surface area contributed by atoms with Crippen molar-refractivity contribution in [3.8, 4) is 0 Å². The lowest BCUT2D eigenvalue weighted by Gasteiger charge is -2.30. The molecule has 2 unspecified atom stereocenters. The summed E-state index contributed by atoms with van der Waals surface area (Å²) in [5, 5.41) is 12.0. The molecule has 0 spiro atoms. The smallest absolute Gasteiger partial charge is 0.335 e. The van der Waals surface area contributed by atoms with Crippen molar-refractivity contribution in [1.29, 1.82) is 0 Å². The van der Waals surface area contributed by atoms with Gasteiger partial charge in [-0.2, -0.15) is 0 Å². The highest BCUT2D eigenvalue weighted by molar-refractivity contribution is 5.87. The Bertz CT molecular complexity index is 742. The summed E-state index contributed by atoms with van der Waals surface area (Å²) in [6, 6.07) is 16.9. The molecule has 3 rings (SSSR count). The van der Waals surface area contributed by atoms with Crippen molar-refractivity contribution in [2.24, 2.45) is 0 Å². The molecule has 0 bridgehead atoms. The van der Waals surface area contributed by atoms with Crippen LogP contribution in [-0.4, -0.2) is 29.6 Å². The van der Waals surface area contributed by atoms with E-state index < -0.39 is 5.97 Å². The first-order valence-electron chi connectivity index (χ1n) is 8.90. The molecule has 26 heavy (non-hydrogen) atoms. The van der Waals surface area contributed by atoms with Gasteiger partial charge in [0.1, 0.15) is 0 Å². The van der Waals surface area contributed by atoms with Gasteiger partial charge in [0.25, 0.3) is 0 Å². The Balaban J connectivity index is 1.47. The van der Waals surface area contributed by atoms with Crippen LogP contribution in [0.4, 0.5) is 0 Å². The number of carbonyl (C=O) groups is 2. The number of carboxylic acids is 1. The first-order chi connectivity index (χ1) is 12.6. The van der Waals surface area contributed by atoms with E-state index >= 15 is 0 Å². The molecule has 1 saturated heterocycles. The molecule has 1 heterocycles. The topological polar surface area (TPSA) is 75.6 Å². The van der Waals surface area contributed by atoms with Crippen LogP contribution >= 0.6 is 0 Å². The highest BCUT2D eigenvalue weighted by atomic mass is 16.5. The molecule has 1 fully saturated rings. The quantitative estimate of drug-likeness (QED) is 0.835. The molecular weight excluding hydrogens is 330 g/mol. The standard InChI is InChI=1S/C21H23NO4/c23-20(11-8-15-6-9-17(10-7-15)21(24)25)22-18-12-13-26-19(14-18)16-4-2-1-3-5-16/h1-7,9-10,18-19H,8,11-14H2,(H,22,23)(H,24,25). The Morgan fingerprint density at radius 2 is 1.81 bits per heavy atom. The lowest BCUT2D eigenvalue weighted by molar-refractivity contribution is -0.122. The van der Waals surface area contributed by atoms with Crippen LogP contribution in [0.5, 0.6) is 0 Å². The summed E-state index contributed by atoms with van der Waals surface area (Å²) in [5.41, 5.74) is 2.36. The molecule has 5 nitrogen and oxygen atoms in total. The number of carbonyl (C=O) groups excluding carboxylic acids is 1. The van der Waals surface area contributed by atoms with Crippen molar-refractivity contribution in [2.45, 2.75) is 37.8 Å².